The second-order valence-corrected chi connectivity index (χ2v) is 5.47. The van der Waals surface area contributed by atoms with Gasteiger partial charge in [-0.25, -0.2) is 0 Å². The topological polar surface area (TPSA) is 41.3 Å². The van der Waals surface area contributed by atoms with Crippen LogP contribution in [0.1, 0.15) is 23.7 Å². The summed E-state index contributed by atoms with van der Waals surface area (Å²) in [7, 11) is 1.86. The Bertz CT molecular complexity index is 568. The van der Waals surface area contributed by atoms with Crippen LogP contribution in [-0.2, 0) is 26.6 Å². The molecule has 0 amide bonds. The minimum Gasteiger partial charge on any atom is -0.395 e. The highest BCUT2D eigenvalue weighted by Crippen LogP contribution is 2.22. The molecule has 2 rings (SSSR count). The van der Waals surface area contributed by atoms with Gasteiger partial charge in [0.25, 0.3) is 0 Å². The second kappa shape index (κ2) is 7.59. The maximum atomic E-state index is 9.30. The van der Waals surface area contributed by atoms with Crippen LogP contribution in [-0.4, -0.2) is 32.9 Å². The van der Waals surface area contributed by atoms with Crippen LogP contribution in [0.15, 0.2) is 30.3 Å². The Labute approximate surface area is 131 Å². The largest absolute Gasteiger partial charge is 0.395 e. The van der Waals surface area contributed by atoms with Crippen molar-refractivity contribution in [1.82, 2.24) is 14.7 Å². The second-order valence-electron chi connectivity index (χ2n) is 5.11. The van der Waals surface area contributed by atoms with Gasteiger partial charge in [-0.3, -0.25) is 9.58 Å². The van der Waals surface area contributed by atoms with Gasteiger partial charge in [-0.05, 0) is 12.0 Å². The first-order valence-electron chi connectivity index (χ1n) is 7.23. The smallest absolute Gasteiger partial charge is 0.131 e. The van der Waals surface area contributed by atoms with E-state index in [0.717, 1.165) is 24.2 Å². The average molecular weight is 308 g/mol. The Balaban J connectivity index is 2.16. The number of halogens is 1. The van der Waals surface area contributed by atoms with Crippen LogP contribution in [0, 0.1) is 0 Å². The summed E-state index contributed by atoms with van der Waals surface area (Å²) < 4.78 is 1.72. The number of hydrogen-bond acceptors (Lipinski definition) is 3. The van der Waals surface area contributed by atoms with Gasteiger partial charge in [-0.2, -0.15) is 5.10 Å². The standard InChI is InChI=1S/C16H22ClN3O/c1-3-15-14(16(17)19(2)18-15)12-20(9-10-21)11-13-7-5-4-6-8-13/h4-8,21H,3,9-12H2,1-2H3. The summed E-state index contributed by atoms with van der Waals surface area (Å²) in [5.41, 5.74) is 3.31. The summed E-state index contributed by atoms with van der Waals surface area (Å²) in [5, 5.41) is 14.4. The fourth-order valence-electron chi connectivity index (χ4n) is 2.46. The quantitative estimate of drug-likeness (QED) is 0.855. The highest BCUT2D eigenvalue weighted by atomic mass is 35.5. The molecule has 1 aromatic heterocycles. The van der Waals surface area contributed by atoms with E-state index in [2.05, 4.69) is 29.1 Å². The summed E-state index contributed by atoms with van der Waals surface area (Å²) >= 11 is 6.35. The van der Waals surface area contributed by atoms with Crippen molar-refractivity contribution in [3.63, 3.8) is 0 Å². The summed E-state index contributed by atoms with van der Waals surface area (Å²) in [4.78, 5) is 2.19. The van der Waals surface area contributed by atoms with E-state index in [1.807, 2.05) is 25.2 Å². The average Bonchev–Trinajstić information content (AvgIpc) is 2.76. The minimum atomic E-state index is 0.131. The molecule has 4 nitrogen and oxygen atoms in total. The monoisotopic (exact) mass is 307 g/mol. The molecule has 0 aliphatic rings. The molecule has 0 aliphatic carbocycles. The number of nitrogens with zero attached hydrogens (tertiary/aromatic N) is 3. The maximum Gasteiger partial charge on any atom is 0.131 e. The van der Waals surface area contributed by atoms with Crippen molar-refractivity contribution in [1.29, 1.82) is 0 Å². The van der Waals surface area contributed by atoms with Crippen LogP contribution in [0.4, 0.5) is 0 Å². The number of rotatable bonds is 7. The van der Waals surface area contributed by atoms with Crippen molar-refractivity contribution in [2.24, 2.45) is 7.05 Å². The van der Waals surface area contributed by atoms with Gasteiger partial charge in [-0.15, -0.1) is 0 Å². The lowest BCUT2D eigenvalue weighted by Gasteiger charge is -2.21. The fraction of sp³-hybridized carbons (Fsp3) is 0.438. The van der Waals surface area contributed by atoms with Crippen molar-refractivity contribution in [3.05, 3.63) is 52.3 Å². The third-order valence-electron chi connectivity index (χ3n) is 3.53. The molecule has 1 N–H and O–H groups in total. The number of aromatic nitrogens is 2. The zero-order valence-electron chi connectivity index (χ0n) is 12.6. The van der Waals surface area contributed by atoms with Gasteiger partial charge in [0.15, 0.2) is 0 Å². The van der Waals surface area contributed by atoms with Gasteiger partial charge in [0.05, 0.1) is 12.3 Å². The maximum absolute atomic E-state index is 9.30. The van der Waals surface area contributed by atoms with Gasteiger partial charge >= 0.3 is 0 Å². The fourth-order valence-corrected chi connectivity index (χ4v) is 2.67. The number of benzene rings is 1. The van der Waals surface area contributed by atoms with Crippen LogP contribution in [0.25, 0.3) is 0 Å². The van der Waals surface area contributed by atoms with Gasteiger partial charge in [-0.1, -0.05) is 48.9 Å². The highest BCUT2D eigenvalue weighted by Gasteiger charge is 2.16. The normalized spacial score (nSPS) is 11.3. The van der Waals surface area contributed by atoms with Crippen molar-refractivity contribution in [2.75, 3.05) is 13.2 Å². The first-order chi connectivity index (χ1) is 10.2. The molecule has 0 unspecified atom stereocenters. The predicted molar refractivity (Wildman–Crippen MR) is 85.2 cm³/mol. The molecule has 0 bridgehead atoms. The first kappa shape index (κ1) is 16.0. The molecular formula is C16H22ClN3O. The van der Waals surface area contributed by atoms with E-state index in [4.69, 9.17) is 11.6 Å². The first-order valence-corrected chi connectivity index (χ1v) is 7.60. The SMILES string of the molecule is CCc1nn(C)c(Cl)c1CN(CCO)Cc1ccccc1. The zero-order valence-corrected chi connectivity index (χ0v) is 13.3. The van der Waals surface area contributed by atoms with E-state index >= 15 is 0 Å². The van der Waals surface area contributed by atoms with Crippen molar-refractivity contribution >= 4 is 11.6 Å². The summed E-state index contributed by atoms with van der Waals surface area (Å²) in [6.45, 7) is 4.31. The molecule has 114 valence electrons. The molecule has 21 heavy (non-hydrogen) atoms. The Morgan fingerprint density at radius 3 is 2.57 bits per heavy atom. The molecule has 0 aliphatic heterocycles. The number of aliphatic hydroxyl groups excluding tert-OH is 1. The Kier molecular flexibility index (Phi) is 5.79. The molecule has 0 saturated carbocycles. The third-order valence-corrected chi connectivity index (χ3v) is 4.01. The molecule has 1 heterocycles. The number of aliphatic hydroxyl groups is 1. The van der Waals surface area contributed by atoms with E-state index in [-0.39, 0.29) is 6.61 Å². The Morgan fingerprint density at radius 2 is 1.95 bits per heavy atom. The third kappa shape index (κ3) is 4.06. The van der Waals surface area contributed by atoms with Crippen LogP contribution in [0.5, 0.6) is 0 Å². The molecule has 0 fully saturated rings. The zero-order chi connectivity index (χ0) is 15.2. The molecule has 0 saturated heterocycles. The van der Waals surface area contributed by atoms with E-state index in [1.54, 1.807) is 4.68 Å². The summed E-state index contributed by atoms with van der Waals surface area (Å²) in [6, 6.07) is 10.3. The molecule has 0 atom stereocenters. The minimum absolute atomic E-state index is 0.131. The van der Waals surface area contributed by atoms with Gasteiger partial charge in [0, 0.05) is 32.2 Å². The van der Waals surface area contributed by atoms with E-state index < -0.39 is 0 Å². The van der Waals surface area contributed by atoms with Crippen molar-refractivity contribution in [2.45, 2.75) is 26.4 Å². The van der Waals surface area contributed by atoms with Gasteiger partial charge in [0.1, 0.15) is 5.15 Å². The van der Waals surface area contributed by atoms with Crippen molar-refractivity contribution < 1.29 is 5.11 Å². The van der Waals surface area contributed by atoms with Crippen molar-refractivity contribution in [3.8, 4) is 0 Å². The molecule has 0 radical (unpaired) electrons. The molecular weight excluding hydrogens is 286 g/mol. The molecule has 2 aromatic rings. The van der Waals surface area contributed by atoms with E-state index in [9.17, 15) is 5.11 Å². The summed E-state index contributed by atoms with van der Waals surface area (Å²) in [5.74, 6) is 0. The number of hydrogen-bond donors (Lipinski definition) is 1. The van der Waals surface area contributed by atoms with Gasteiger partial charge < -0.3 is 5.11 Å². The van der Waals surface area contributed by atoms with Crippen LogP contribution < -0.4 is 0 Å². The predicted octanol–water partition coefficient (Wildman–Crippen LogP) is 2.63. The highest BCUT2D eigenvalue weighted by molar-refractivity contribution is 6.30. The number of aryl methyl sites for hydroxylation is 2. The Hall–Kier alpha value is -1.36. The molecule has 1 aromatic carbocycles. The van der Waals surface area contributed by atoms with Crippen LogP contribution >= 0.6 is 11.6 Å². The summed E-state index contributed by atoms with van der Waals surface area (Å²) in [6.07, 6.45) is 0.855. The molecule has 5 heteroatoms. The van der Waals surface area contributed by atoms with Crippen LogP contribution in [0.2, 0.25) is 5.15 Å². The lowest BCUT2D eigenvalue weighted by molar-refractivity contribution is 0.184. The Morgan fingerprint density at radius 1 is 1.24 bits per heavy atom. The van der Waals surface area contributed by atoms with E-state index in [0.29, 0.717) is 18.2 Å². The lowest BCUT2D eigenvalue weighted by Crippen LogP contribution is -2.26. The van der Waals surface area contributed by atoms with E-state index in [1.165, 1.54) is 5.56 Å². The lowest BCUT2D eigenvalue weighted by atomic mass is 10.1. The molecule has 0 spiro atoms. The van der Waals surface area contributed by atoms with Crippen LogP contribution in [0.3, 0.4) is 0 Å². The van der Waals surface area contributed by atoms with Gasteiger partial charge in [0.2, 0.25) is 0 Å².